The van der Waals surface area contributed by atoms with Crippen molar-refractivity contribution in [2.45, 2.75) is 25.4 Å². The summed E-state index contributed by atoms with van der Waals surface area (Å²) < 4.78 is 6.36. The first-order chi connectivity index (χ1) is 3.43. The van der Waals surface area contributed by atoms with Crippen LogP contribution in [0.5, 0.6) is 0 Å². The van der Waals surface area contributed by atoms with Crippen LogP contribution in [-0.2, 0) is 4.74 Å². The van der Waals surface area contributed by atoms with E-state index in [-0.39, 0.29) is 0 Å². The van der Waals surface area contributed by atoms with Gasteiger partial charge >= 0.3 is 57.3 Å². The van der Waals surface area contributed by atoms with Crippen molar-refractivity contribution in [2.24, 2.45) is 0 Å². The van der Waals surface area contributed by atoms with Crippen LogP contribution in [0.2, 0.25) is 0 Å². The number of ether oxygens (including phenoxy) is 1. The zero-order valence-electron chi connectivity index (χ0n) is 4.39. The summed E-state index contributed by atoms with van der Waals surface area (Å²) in [5.41, 5.74) is 0. The van der Waals surface area contributed by atoms with E-state index in [0.29, 0.717) is 6.10 Å². The molecule has 1 nitrogen and oxygen atoms in total. The third-order valence-electron chi connectivity index (χ3n) is 1.38. The van der Waals surface area contributed by atoms with Gasteiger partial charge in [0.05, 0.1) is 0 Å². The first-order valence-electron chi connectivity index (χ1n) is 2.75. The van der Waals surface area contributed by atoms with Crippen molar-refractivity contribution in [3.05, 3.63) is 0 Å². The molecule has 7 heavy (non-hydrogen) atoms. The van der Waals surface area contributed by atoms with Crippen molar-refractivity contribution in [1.29, 1.82) is 0 Å². The van der Waals surface area contributed by atoms with Crippen LogP contribution < -0.4 is 0 Å². The summed E-state index contributed by atoms with van der Waals surface area (Å²) in [5, 5.41) is 0. The second-order valence-corrected chi connectivity index (χ2v) is 2.84. The summed E-state index contributed by atoms with van der Waals surface area (Å²) >= 11 is 1.26. The van der Waals surface area contributed by atoms with Crippen molar-refractivity contribution in [3.8, 4) is 0 Å². The molecule has 2 radical (unpaired) electrons. The molecule has 0 aliphatic heterocycles. The van der Waals surface area contributed by atoms with E-state index in [0.717, 1.165) is 4.62 Å². The molecule has 0 amide bonds. The molecule has 1 rings (SSSR count). The van der Waals surface area contributed by atoms with Gasteiger partial charge in [-0.05, 0) is 0 Å². The van der Waals surface area contributed by atoms with E-state index in [4.69, 9.17) is 4.74 Å². The van der Waals surface area contributed by atoms with Gasteiger partial charge in [-0.1, -0.05) is 0 Å². The van der Waals surface area contributed by atoms with Crippen LogP contribution in [0.25, 0.3) is 0 Å². The fourth-order valence-corrected chi connectivity index (χ4v) is 1.45. The maximum absolute atomic E-state index is 5.34. The van der Waals surface area contributed by atoms with Gasteiger partial charge in [0.2, 0.25) is 0 Å². The Morgan fingerprint density at radius 3 is 2.43 bits per heavy atom. The van der Waals surface area contributed by atoms with Crippen LogP contribution in [-0.4, -0.2) is 33.3 Å². The molecule has 0 N–H and O–H groups in total. The van der Waals surface area contributed by atoms with Crippen LogP contribution in [0.15, 0.2) is 0 Å². The standard InChI is InChI=1S/C5H9O.Sn.H/c1-6-5-3-2-4-5;;/h5H,1-4H2;;. The minimum atomic E-state index is 0.662. The SMILES string of the molecule is [SnH][CH2]OC1CCC1. The summed E-state index contributed by atoms with van der Waals surface area (Å²) in [7, 11) is 0. The summed E-state index contributed by atoms with van der Waals surface area (Å²) in [6.07, 6.45) is 4.70. The molecule has 0 atom stereocenters. The molecule has 0 unspecified atom stereocenters. The third-order valence-corrected chi connectivity index (χ3v) is 1.93. The summed E-state index contributed by atoms with van der Waals surface area (Å²) in [4.78, 5) is 0. The third kappa shape index (κ3) is 1.61. The molecule has 1 aliphatic rings. The fourth-order valence-electron chi connectivity index (χ4n) is 0.674. The van der Waals surface area contributed by atoms with E-state index in [1.165, 1.54) is 41.8 Å². The Labute approximate surface area is 57.5 Å². The molecule has 0 aromatic heterocycles. The number of hydrogen-bond donors (Lipinski definition) is 0. The van der Waals surface area contributed by atoms with E-state index >= 15 is 0 Å². The van der Waals surface area contributed by atoms with Gasteiger partial charge in [0.1, 0.15) is 0 Å². The molecule has 0 saturated heterocycles. The van der Waals surface area contributed by atoms with Crippen LogP contribution in [0.1, 0.15) is 19.3 Å². The summed E-state index contributed by atoms with van der Waals surface area (Å²) in [6.45, 7) is 0. The van der Waals surface area contributed by atoms with Crippen molar-refractivity contribution < 1.29 is 4.74 Å². The molecule has 2 heteroatoms. The van der Waals surface area contributed by atoms with Crippen LogP contribution in [0.3, 0.4) is 0 Å². The summed E-state index contributed by atoms with van der Waals surface area (Å²) in [5.74, 6) is 0. The first-order valence-corrected chi connectivity index (χ1v) is 5.08. The predicted octanol–water partition coefficient (Wildman–Crippen LogP) is 0.414. The average molecular weight is 205 g/mol. The van der Waals surface area contributed by atoms with E-state index in [1.807, 2.05) is 0 Å². The predicted molar refractivity (Wildman–Crippen MR) is 30.7 cm³/mol. The van der Waals surface area contributed by atoms with Gasteiger partial charge in [-0.2, -0.15) is 0 Å². The van der Waals surface area contributed by atoms with E-state index < -0.39 is 0 Å². The van der Waals surface area contributed by atoms with Gasteiger partial charge in [0, 0.05) is 0 Å². The Kier molecular flexibility index (Phi) is 2.46. The van der Waals surface area contributed by atoms with E-state index in [9.17, 15) is 0 Å². The topological polar surface area (TPSA) is 9.23 Å². The first kappa shape index (κ1) is 5.89. The molecule has 0 spiro atoms. The molecule has 1 saturated carbocycles. The van der Waals surface area contributed by atoms with Crippen LogP contribution in [0, 0.1) is 0 Å². The molecule has 1 aliphatic carbocycles. The monoisotopic (exact) mass is 206 g/mol. The van der Waals surface area contributed by atoms with Crippen molar-refractivity contribution >= 4 is 22.5 Å². The molecular formula is C5H10OSn. The zero-order valence-corrected chi connectivity index (χ0v) is 7.69. The van der Waals surface area contributed by atoms with Crippen molar-refractivity contribution in [3.63, 3.8) is 0 Å². The van der Waals surface area contributed by atoms with Crippen molar-refractivity contribution in [1.82, 2.24) is 0 Å². The second-order valence-electron chi connectivity index (χ2n) is 1.89. The second kappa shape index (κ2) is 2.92. The minimum absolute atomic E-state index is 0.662. The van der Waals surface area contributed by atoms with Crippen LogP contribution in [0.4, 0.5) is 0 Å². The Morgan fingerprint density at radius 1 is 1.57 bits per heavy atom. The Balaban J connectivity index is 1.93. The van der Waals surface area contributed by atoms with E-state index in [2.05, 4.69) is 0 Å². The summed E-state index contributed by atoms with van der Waals surface area (Å²) in [6, 6.07) is 0. The maximum atomic E-state index is 5.34. The van der Waals surface area contributed by atoms with Gasteiger partial charge in [-0.15, -0.1) is 0 Å². The molecule has 0 aromatic carbocycles. The Morgan fingerprint density at radius 2 is 2.29 bits per heavy atom. The van der Waals surface area contributed by atoms with Gasteiger partial charge in [-0.3, -0.25) is 0 Å². The zero-order chi connectivity index (χ0) is 5.11. The van der Waals surface area contributed by atoms with Gasteiger partial charge in [0.15, 0.2) is 0 Å². The molecule has 0 heterocycles. The molecule has 1 fully saturated rings. The molecular weight excluding hydrogens is 195 g/mol. The Hall–Kier alpha value is 0.759. The quantitative estimate of drug-likeness (QED) is 0.593. The average Bonchev–Trinajstić information content (AvgIpc) is 1.55. The Bertz CT molecular complexity index is 52.0. The van der Waals surface area contributed by atoms with E-state index in [1.54, 1.807) is 0 Å². The molecule has 0 aromatic rings. The number of hydrogen-bond acceptors (Lipinski definition) is 1. The fraction of sp³-hybridized carbons (Fsp3) is 1.00. The van der Waals surface area contributed by atoms with Gasteiger partial charge < -0.3 is 0 Å². The van der Waals surface area contributed by atoms with Crippen LogP contribution >= 0.6 is 0 Å². The van der Waals surface area contributed by atoms with Crippen molar-refractivity contribution in [2.75, 3.05) is 4.62 Å². The normalized spacial score (nSPS) is 21.9. The number of rotatable bonds is 2. The van der Waals surface area contributed by atoms with Gasteiger partial charge in [0.25, 0.3) is 0 Å². The molecule has 40 valence electrons. The molecule has 0 bridgehead atoms. The van der Waals surface area contributed by atoms with Gasteiger partial charge in [-0.25, -0.2) is 0 Å².